The van der Waals surface area contributed by atoms with Gasteiger partial charge in [-0.05, 0) is 19.1 Å². The van der Waals surface area contributed by atoms with Crippen LogP contribution in [0.4, 0.5) is 23.2 Å². The average Bonchev–Trinajstić information content (AvgIpc) is 2.28. The van der Waals surface area contributed by atoms with E-state index in [0.717, 1.165) is 6.07 Å². The smallest absolute Gasteiger partial charge is 0.321 e. The highest BCUT2D eigenvalue weighted by Gasteiger charge is 2.48. The van der Waals surface area contributed by atoms with Gasteiger partial charge >= 0.3 is 18.3 Å². The van der Waals surface area contributed by atoms with Crippen molar-refractivity contribution in [3.63, 3.8) is 0 Å². The van der Waals surface area contributed by atoms with Crippen LogP contribution in [-0.2, 0) is 4.79 Å². The molecule has 1 amide bonds. The summed E-state index contributed by atoms with van der Waals surface area (Å²) in [6, 6.07) is 5.09. The third-order valence-electron chi connectivity index (χ3n) is 2.10. The molecule has 1 aromatic carbocycles. The maximum absolute atomic E-state index is 12.7. The van der Waals surface area contributed by atoms with E-state index in [4.69, 9.17) is 0 Å². The molecular formula is C11H9F4NO2. The molecule has 0 radical (unpaired) electrons. The van der Waals surface area contributed by atoms with Gasteiger partial charge in [-0.1, -0.05) is 12.1 Å². The van der Waals surface area contributed by atoms with Crippen LogP contribution in [0.3, 0.4) is 0 Å². The third kappa shape index (κ3) is 3.06. The number of amides is 1. The van der Waals surface area contributed by atoms with Crippen molar-refractivity contribution in [2.75, 3.05) is 5.32 Å². The molecule has 0 bridgehead atoms. The van der Waals surface area contributed by atoms with Gasteiger partial charge in [0.05, 0.1) is 0 Å². The minimum atomic E-state index is -4.77. The Morgan fingerprint density at radius 2 is 1.89 bits per heavy atom. The molecule has 1 aromatic rings. The summed E-state index contributed by atoms with van der Waals surface area (Å²) in [5.41, 5.74) is 0.0289. The topological polar surface area (TPSA) is 46.2 Å². The third-order valence-corrected chi connectivity index (χ3v) is 2.10. The number of benzene rings is 1. The lowest BCUT2D eigenvalue weighted by Gasteiger charge is -2.14. The van der Waals surface area contributed by atoms with Crippen LogP contribution in [-0.4, -0.2) is 24.0 Å². The predicted octanol–water partition coefficient (Wildman–Crippen LogP) is 2.73. The molecule has 0 atom stereocenters. The SMILES string of the molecule is CC(=O)c1cccc(NC(=O)C(F)(F)C(F)F)c1. The van der Waals surface area contributed by atoms with E-state index >= 15 is 0 Å². The molecule has 0 heterocycles. The molecule has 0 spiro atoms. The largest absolute Gasteiger partial charge is 0.383 e. The van der Waals surface area contributed by atoms with E-state index in [-0.39, 0.29) is 17.0 Å². The molecule has 0 aromatic heterocycles. The Labute approximate surface area is 99.8 Å². The summed E-state index contributed by atoms with van der Waals surface area (Å²) in [5.74, 6) is -7.23. The number of carbonyl (C=O) groups excluding carboxylic acids is 2. The Bertz CT molecular complexity index is 474. The summed E-state index contributed by atoms with van der Waals surface area (Å²) < 4.78 is 49.1. The zero-order valence-corrected chi connectivity index (χ0v) is 9.22. The van der Waals surface area contributed by atoms with Crippen LogP contribution in [0.5, 0.6) is 0 Å². The molecule has 0 fully saturated rings. The Morgan fingerprint density at radius 3 is 2.39 bits per heavy atom. The summed E-state index contributed by atoms with van der Waals surface area (Å²) in [5, 5.41) is 1.64. The van der Waals surface area contributed by atoms with Crippen LogP contribution in [0, 0.1) is 0 Å². The number of carbonyl (C=O) groups is 2. The summed E-state index contributed by atoms with van der Waals surface area (Å²) in [6.07, 6.45) is -4.09. The van der Waals surface area contributed by atoms with Crippen molar-refractivity contribution >= 4 is 17.4 Å². The van der Waals surface area contributed by atoms with Gasteiger partial charge in [0.1, 0.15) is 0 Å². The second kappa shape index (κ2) is 5.16. The van der Waals surface area contributed by atoms with E-state index in [1.165, 1.54) is 25.1 Å². The van der Waals surface area contributed by atoms with Crippen molar-refractivity contribution in [3.8, 4) is 0 Å². The molecule has 0 aliphatic heterocycles. The molecule has 0 saturated carbocycles. The molecule has 0 aliphatic carbocycles. The number of nitrogens with one attached hydrogen (secondary N) is 1. The average molecular weight is 263 g/mol. The maximum Gasteiger partial charge on any atom is 0.383 e. The van der Waals surface area contributed by atoms with Crippen LogP contribution in [0.2, 0.25) is 0 Å². The Hall–Kier alpha value is -1.92. The first-order chi connectivity index (χ1) is 8.25. The molecule has 3 nitrogen and oxygen atoms in total. The van der Waals surface area contributed by atoms with Crippen LogP contribution in [0.1, 0.15) is 17.3 Å². The van der Waals surface area contributed by atoms with E-state index in [1.807, 2.05) is 0 Å². The minimum absolute atomic E-state index is 0.145. The summed E-state index contributed by atoms with van der Waals surface area (Å²) in [7, 11) is 0. The molecule has 7 heteroatoms. The number of ketones is 1. The van der Waals surface area contributed by atoms with Crippen molar-refractivity contribution < 1.29 is 27.2 Å². The van der Waals surface area contributed by atoms with Gasteiger partial charge in [-0.15, -0.1) is 0 Å². The molecule has 0 saturated heterocycles. The molecule has 18 heavy (non-hydrogen) atoms. The first-order valence-corrected chi connectivity index (χ1v) is 4.83. The second-order valence-electron chi connectivity index (χ2n) is 3.51. The number of halogens is 4. The van der Waals surface area contributed by atoms with Crippen LogP contribution in [0.15, 0.2) is 24.3 Å². The monoisotopic (exact) mass is 263 g/mol. The summed E-state index contributed by atoms with van der Waals surface area (Å²) in [6.45, 7) is 1.24. The van der Waals surface area contributed by atoms with Crippen molar-refractivity contribution in [1.82, 2.24) is 0 Å². The highest BCUT2D eigenvalue weighted by atomic mass is 19.3. The first kappa shape index (κ1) is 14.1. The van der Waals surface area contributed by atoms with Crippen LogP contribution < -0.4 is 5.32 Å². The van der Waals surface area contributed by atoms with Gasteiger partial charge in [0.15, 0.2) is 5.78 Å². The molecule has 98 valence electrons. The van der Waals surface area contributed by atoms with E-state index < -0.39 is 18.3 Å². The minimum Gasteiger partial charge on any atom is -0.321 e. The van der Waals surface area contributed by atoms with E-state index in [9.17, 15) is 27.2 Å². The zero-order chi connectivity index (χ0) is 13.9. The van der Waals surface area contributed by atoms with E-state index in [1.54, 1.807) is 5.32 Å². The van der Waals surface area contributed by atoms with Gasteiger partial charge in [0, 0.05) is 11.3 Å². The number of hydrogen-bond donors (Lipinski definition) is 1. The highest BCUT2D eigenvalue weighted by molar-refractivity contribution is 5.99. The van der Waals surface area contributed by atoms with Crippen LogP contribution in [0.25, 0.3) is 0 Å². The molecule has 0 unspecified atom stereocenters. The molecule has 1 N–H and O–H groups in total. The second-order valence-corrected chi connectivity index (χ2v) is 3.51. The fourth-order valence-electron chi connectivity index (χ4n) is 1.13. The van der Waals surface area contributed by atoms with Crippen LogP contribution >= 0.6 is 0 Å². The zero-order valence-electron chi connectivity index (χ0n) is 9.22. The van der Waals surface area contributed by atoms with E-state index in [0.29, 0.717) is 0 Å². The lowest BCUT2D eigenvalue weighted by molar-refractivity contribution is -0.163. The van der Waals surface area contributed by atoms with Gasteiger partial charge < -0.3 is 5.32 Å². The maximum atomic E-state index is 12.7. The Kier molecular flexibility index (Phi) is 4.05. The summed E-state index contributed by atoms with van der Waals surface area (Å²) >= 11 is 0. The van der Waals surface area contributed by atoms with Crippen molar-refractivity contribution in [1.29, 1.82) is 0 Å². The number of rotatable bonds is 4. The van der Waals surface area contributed by atoms with Crippen molar-refractivity contribution in [3.05, 3.63) is 29.8 Å². The quantitative estimate of drug-likeness (QED) is 0.670. The number of Topliss-reactive ketones (excluding diaryl/α,β-unsaturated/α-hetero) is 1. The van der Waals surface area contributed by atoms with Crippen molar-refractivity contribution in [2.24, 2.45) is 0 Å². The van der Waals surface area contributed by atoms with Gasteiger partial charge in [0.25, 0.3) is 0 Å². The molecular weight excluding hydrogens is 254 g/mol. The Balaban J connectivity index is 2.89. The van der Waals surface area contributed by atoms with Gasteiger partial charge in [-0.25, -0.2) is 8.78 Å². The number of alkyl halides is 4. The molecule has 1 rings (SSSR count). The fraction of sp³-hybridized carbons (Fsp3) is 0.273. The first-order valence-electron chi connectivity index (χ1n) is 4.83. The lowest BCUT2D eigenvalue weighted by Crippen LogP contribution is -2.41. The van der Waals surface area contributed by atoms with Gasteiger partial charge in [-0.2, -0.15) is 8.78 Å². The summed E-state index contributed by atoms with van der Waals surface area (Å²) in [4.78, 5) is 21.9. The fourth-order valence-corrected chi connectivity index (χ4v) is 1.13. The predicted molar refractivity (Wildman–Crippen MR) is 56.0 cm³/mol. The Morgan fingerprint density at radius 1 is 1.28 bits per heavy atom. The van der Waals surface area contributed by atoms with Crippen molar-refractivity contribution in [2.45, 2.75) is 19.3 Å². The highest BCUT2D eigenvalue weighted by Crippen LogP contribution is 2.24. The molecule has 0 aliphatic rings. The normalized spacial score (nSPS) is 11.4. The van der Waals surface area contributed by atoms with Gasteiger partial charge in [0.2, 0.25) is 0 Å². The number of hydrogen-bond acceptors (Lipinski definition) is 2. The lowest BCUT2D eigenvalue weighted by atomic mass is 10.1. The standard InChI is InChI=1S/C11H9F4NO2/c1-6(17)7-3-2-4-8(5-7)16-10(18)11(14,15)9(12)13/h2-5,9H,1H3,(H,16,18). The van der Waals surface area contributed by atoms with E-state index in [2.05, 4.69) is 0 Å². The van der Waals surface area contributed by atoms with Gasteiger partial charge in [-0.3, -0.25) is 9.59 Å². The number of anilines is 1.